The molecule has 2 N–H and O–H groups in total. The van der Waals surface area contributed by atoms with Crippen LogP contribution in [0.15, 0.2) is 91.0 Å². The maximum atomic E-state index is 14.2. The summed E-state index contributed by atoms with van der Waals surface area (Å²) < 4.78 is 0. The van der Waals surface area contributed by atoms with Crippen molar-refractivity contribution in [2.24, 2.45) is 0 Å². The summed E-state index contributed by atoms with van der Waals surface area (Å²) in [4.78, 5) is 67.5. The second-order valence-electron chi connectivity index (χ2n) is 9.46. The van der Waals surface area contributed by atoms with Crippen molar-refractivity contribution >= 4 is 51.5 Å². The molecule has 3 aromatic rings. The summed E-state index contributed by atoms with van der Waals surface area (Å²) in [6.07, 6.45) is 1.07. The molecule has 8 nitrogen and oxygen atoms in total. The standard InChI is InChI=1S/C31H30N2O6S2/c34-27(24-17-10-18-32-24)33(25(29(36)37)19-21-11-4-1-5-12-21)28(35)26(41-31(39)23-15-8-3-9-16-23)20-40-30(38)22-13-6-2-7-14-22/h1-9,11-16,24-26,32H,10,17-20H2,(H,36,37). The molecule has 0 aromatic heterocycles. The molecule has 0 bridgehead atoms. The predicted molar refractivity (Wildman–Crippen MR) is 160 cm³/mol. The van der Waals surface area contributed by atoms with Crippen LogP contribution in [0.25, 0.3) is 0 Å². The van der Waals surface area contributed by atoms with Gasteiger partial charge in [0.1, 0.15) is 11.3 Å². The molecule has 1 aliphatic heterocycles. The van der Waals surface area contributed by atoms with E-state index >= 15 is 0 Å². The summed E-state index contributed by atoms with van der Waals surface area (Å²) in [5.41, 5.74) is 1.42. The first-order valence-corrected chi connectivity index (χ1v) is 15.1. The Morgan fingerprint density at radius 1 is 0.829 bits per heavy atom. The maximum absolute atomic E-state index is 14.2. The van der Waals surface area contributed by atoms with Gasteiger partial charge in [0, 0.05) is 23.3 Å². The van der Waals surface area contributed by atoms with E-state index in [1.54, 1.807) is 91.0 Å². The van der Waals surface area contributed by atoms with Crippen molar-refractivity contribution in [3.05, 3.63) is 108 Å². The van der Waals surface area contributed by atoms with E-state index in [0.29, 0.717) is 47.8 Å². The molecular weight excluding hydrogens is 560 g/mol. The number of carboxylic acids is 1. The molecule has 4 rings (SSSR count). The van der Waals surface area contributed by atoms with Gasteiger partial charge in [-0.1, -0.05) is 115 Å². The van der Waals surface area contributed by atoms with Crippen molar-refractivity contribution in [2.45, 2.75) is 36.6 Å². The lowest BCUT2D eigenvalue weighted by molar-refractivity contribution is -0.158. The largest absolute Gasteiger partial charge is 0.480 e. The summed E-state index contributed by atoms with van der Waals surface area (Å²) >= 11 is 1.55. The predicted octanol–water partition coefficient (Wildman–Crippen LogP) is 4.31. The van der Waals surface area contributed by atoms with Gasteiger partial charge in [-0.15, -0.1) is 0 Å². The van der Waals surface area contributed by atoms with E-state index in [1.165, 1.54) is 0 Å². The number of nitrogens with zero attached hydrogens (tertiary/aromatic N) is 1. The van der Waals surface area contributed by atoms with Gasteiger partial charge in [-0.2, -0.15) is 0 Å². The number of aliphatic carboxylic acids is 1. The molecule has 0 aliphatic carbocycles. The van der Waals surface area contributed by atoms with Crippen LogP contribution >= 0.6 is 23.5 Å². The van der Waals surface area contributed by atoms with E-state index in [4.69, 9.17) is 0 Å². The van der Waals surface area contributed by atoms with E-state index in [2.05, 4.69) is 5.32 Å². The summed E-state index contributed by atoms with van der Waals surface area (Å²) in [7, 11) is 0. The lowest BCUT2D eigenvalue weighted by atomic mass is 10.0. The Balaban J connectivity index is 1.67. The molecule has 212 valence electrons. The average Bonchev–Trinajstić information content (AvgIpc) is 3.55. The minimum atomic E-state index is -1.50. The molecule has 3 aromatic carbocycles. The highest BCUT2D eigenvalue weighted by molar-refractivity contribution is 8.18. The van der Waals surface area contributed by atoms with Crippen LogP contribution in [0.1, 0.15) is 39.1 Å². The number of rotatable bonds is 11. The van der Waals surface area contributed by atoms with Gasteiger partial charge in [-0.25, -0.2) is 4.79 Å². The Morgan fingerprint density at radius 2 is 1.39 bits per heavy atom. The van der Waals surface area contributed by atoms with Crippen LogP contribution in [-0.4, -0.2) is 67.7 Å². The number of benzene rings is 3. The summed E-state index contributed by atoms with van der Waals surface area (Å²) in [6.45, 7) is 0.570. The van der Waals surface area contributed by atoms with Crippen LogP contribution in [0.4, 0.5) is 0 Å². The van der Waals surface area contributed by atoms with Gasteiger partial charge >= 0.3 is 5.97 Å². The van der Waals surface area contributed by atoms with Crippen molar-refractivity contribution in [3.8, 4) is 0 Å². The van der Waals surface area contributed by atoms with Gasteiger partial charge in [0.2, 0.25) is 22.0 Å². The third-order valence-corrected chi connectivity index (χ3v) is 8.92. The monoisotopic (exact) mass is 590 g/mol. The summed E-state index contributed by atoms with van der Waals surface area (Å²) in [6, 6.07) is 23.4. The Labute approximate surface area is 246 Å². The molecule has 2 amide bonds. The molecule has 1 heterocycles. The van der Waals surface area contributed by atoms with Crippen LogP contribution in [0.3, 0.4) is 0 Å². The minimum absolute atomic E-state index is 0.0967. The number of carboxylic acid groups (broad SMARTS) is 1. The number of carbonyl (C=O) groups excluding carboxylic acids is 4. The number of amides is 2. The van der Waals surface area contributed by atoms with Crippen molar-refractivity contribution in [2.75, 3.05) is 12.3 Å². The first kappa shape index (κ1) is 30.2. The molecule has 1 fully saturated rings. The van der Waals surface area contributed by atoms with E-state index in [-0.39, 0.29) is 17.3 Å². The highest BCUT2D eigenvalue weighted by Crippen LogP contribution is 2.27. The highest BCUT2D eigenvalue weighted by atomic mass is 32.2. The minimum Gasteiger partial charge on any atom is -0.480 e. The zero-order valence-corrected chi connectivity index (χ0v) is 23.8. The zero-order chi connectivity index (χ0) is 29.2. The fourth-order valence-corrected chi connectivity index (χ4v) is 6.47. The second-order valence-corrected chi connectivity index (χ2v) is 11.6. The van der Waals surface area contributed by atoms with E-state index in [1.807, 2.05) is 0 Å². The van der Waals surface area contributed by atoms with Gasteiger partial charge in [0.15, 0.2) is 0 Å². The van der Waals surface area contributed by atoms with Gasteiger partial charge in [0.05, 0.1) is 6.04 Å². The van der Waals surface area contributed by atoms with Crippen LogP contribution in [0.5, 0.6) is 0 Å². The van der Waals surface area contributed by atoms with Gasteiger partial charge in [-0.3, -0.25) is 24.1 Å². The van der Waals surface area contributed by atoms with Gasteiger partial charge in [-0.05, 0) is 24.9 Å². The fourth-order valence-electron chi connectivity index (χ4n) is 4.50. The lowest BCUT2D eigenvalue weighted by Gasteiger charge is -2.32. The Morgan fingerprint density at radius 3 is 1.93 bits per heavy atom. The van der Waals surface area contributed by atoms with Crippen molar-refractivity contribution in [1.29, 1.82) is 0 Å². The highest BCUT2D eigenvalue weighted by Gasteiger charge is 2.42. The molecule has 3 atom stereocenters. The van der Waals surface area contributed by atoms with Crippen molar-refractivity contribution < 1.29 is 29.1 Å². The normalized spacial score (nSPS) is 16.0. The molecule has 1 saturated heterocycles. The second kappa shape index (κ2) is 14.8. The van der Waals surface area contributed by atoms with Crippen LogP contribution in [0.2, 0.25) is 0 Å². The SMILES string of the molecule is O=C(SCC(SC(=O)c1ccccc1)C(=O)N(C(=O)C1CCCN1)C(Cc1ccccc1)C(=O)O)c1ccccc1. The first-order chi connectivity index (χ1) is 19.8. The van der Waals surface area contributed by atoms with Gasteiger partial charge in [0.25, 0.3) is 0 Å². The number of hydrogen-bond donors (Lipinski definition) is 2. The lowest BCUT2D eigenvalue weighted by Crippen LogP contribution is -2.57. The molecule has 10 heteroatoms. The quantitative estimate of drug-likeness (QED) is 0.337. The van der Waals surface area contributed by atoms with E-state index in [0.717, 1.165) is 16.7 Å². The number of thioether (sulfide) groups is 2. The number of carbonyl (C=O) groups is 5. The summed E-state index contributed by atoms with van der Waals surface area (Å²) in [5.74, 6) is -2.92. The number of hydrogen-bond acceptors (Lipinski definition) is 8. The van der Waals surface area contributed by atoms with Crippen LogP contribution < -0.4 is 5.32 Å². The molecule has 0 saturated carbocycles. The Bertz CT molecular complexity index is 1370. The first-order valence-electron chi connectivity index (χ1n) is 13.2. The average molecular weight is 591 g/mol. The maximum Gasteiger partial charge on any atom is 0.327 e. The van der Waals surface area contributed by atoms with Crippen molar-refractivity contribution in [1.82, 2.24) is 10.2 Å². The molecular formula is C31H30N2O6S2. The Kier molecular flexibility index (Phi) is 10.9. The third kappa shape index (κ3) is 8.16. The number of imide groups is 1. The molecule has 3 unspecified atom stereocenters. The van der Waals surface area contributed by atoms with E-state index in [9.17, 15) is 29.1 Å². The molecule has 1 aliphatic rings. The topological polar surface area (TPSA) is 121 Å². The molecule has 0 radical (unpaired) electrons. The smallest absolute Gasteiger partial charge is 0.327 e. The molecule has 0 spiro atoms. The Hall–Kier alpha value is -3.73. The number of nitrogens with one attached hydrogen (secondary N) is 1. The molecule has 41 heavy (non-hydrogen) atoms. The zero-order valence-electron chi connectivity index (χ0n) is 22.2. The fraction of sp³-hybridized carbons (Fsp3) is 0.258. The van der Waals surface area contributed by atoms with Crippen LogP contribution in [-0.2, 0) is 20.8 Å². The summed E-state index contributed by atoms with van der Waals surface area (Å²) in [5, 5.41) is 11.4. The van der Waals surface area contributed by atoms with Gasteiger partial charge < -0.3 is 10.4 Å². The van der Waals surface area contributed by atoms with Crippen LogP contribution in [0, 0.1) is 0 Å². The third-order valence-electron chi connectivity index (χ3n) is 6.61. The van der Waals surface area contributed by atoms with E-state index < -0.39 is 40.2 Å². The van der Waals surface area contributed by atoms with Crippen molar-refractivity contribution in [3.63, 3.8) is 0 Å².